The van der Waals surface area contributed by atoms with Gasteiger partial charge < -0.3 is 14.9 Å². The van der Waals surface area contributed by atoms with Crippen LogP contribution in [0.2, 0.25) is 0 Å². The predicted octanol–water partition coefficient (Wildman–Crippen LogP) is 4.09. The van der Waals surface area contributed by atoms with Crippen LogP contribution in [0.15, 0.2) is 47.1 Å². The summed E-state index contributed by atoms with van der Waals surface area (Å²) in [7, 11) is 0. The fraction of sp³-hybridized carbons (Fsp3) is 0.600. The molecule has 0 radical (unpaired) electrons. The molecular weight excluding hydrogens is 380 g/mol. The van der Waals surface area contributed by atoms with Crippen molar-refractivity contribution in [1.29, 1.82) is 0 Å². The number of ketones is 1. The zero-order valence-corrected chi connectivity index (χ0v) is 18.8. The molecule has 3 rings (SSSR count). The Labute approximate surface area is 179 Å². The van der Waals surface area contributed by atoms with Crippen LogP contribution in [-0.4, -0.2) is 39.8 Å². The van der Waals surface area contributed by atoms with Gasteiger partial charge in [0.2, 0.25) is 0 Å². The first-order valence-corrected chi connectivity index (χ1v) is 10.8. The molecule has 2 fully saturated rings. The molecule has 1 saturated heterocycles. The van der Waals surface area contributed by atoms with Crippen molar-refractivity contribution in [3.8, 4) is 0 Å². The SMILES string of the molecule is CC1=CC2CC(C)C(=O)C(C)C2C(C=C(C)C2OC2(C)C=CC(=O)O)C1=CC(C)O. The predicted molar refractivity (Wildman–Crippen MR) is 116 cm³/mol. The highest BCUT2D eigenvalue weighted by Crippen LogP contribution is 2.50. The summed E-state index contributed by atoms with van der Waals surface area (Å²) < 4.78 is 5.83. The number of hydrogen-bond acceptors (Lipinski definition) is 4. The smallest absolute Gasteiger partial charge is 0.328 e. The third-order valence-electron chi connectivity index (χ3n) is 6.99. The minimum absolute atomic E-state index is 0.0120. The number of aliphatic hydroxyl groups excluding tert-OH is 1. The Morgan fingerprint density at radius 3 is 2.63 bits per heavy atom. The molecule has 2 aliphatic carbocycles. The lowest BCUT2D eigenvalue weighted by Gasteiger charge is -2.45. The Morgan fingerprint density at radius 2 is 2.03 bits per heavy atom. The molecule has 5 nitrogen and oxygen atoms in total. The van der Waals surface area contributed by atoms with Gasteiger partial charge in [0.05, 0.1) is 6.10 Å². The molecule has 8 atom stereocenters. The Bertz CT molecular complexity index is 846. The minimum Gasteiger partial charge on any atom is -0.478 e. The lowest BCUT2D eigenvalue weighted by Crippen LogP contribution is -2.43. The second kappa shape index (κ2) is 8.27. The van der Waals surface area contributed by atoms with E-state index in [-0.39, 0.29) is 29.8 Å². The highest BCUT2D eigenvalue weighted by molar-refractivity contribution is 5.84. The van der Waals surface area contributed by atoms with E-state index >= 15 is 0 Å². The minimum atomic E-state index is -0.992. The number of aliphatic hydroxyl groups is 1. The number of hydrogen-bond donors (Lipinski definition) is 2. The van der Waals surface area contributed by atoms with Gasteiger partial charge in [-0.1, -0.05) is 37.6 Å². The third kappa shape index (κ3) is 4.37. The molecule has 1 aliphatic heterocycles. The first kappa shape index (κ1) is 22.7. The van der Waals surface area contributed by atoms with Gasteiger partial charge in [0, 0.05) is 23.8 Å². The number of ether oxygens (including phenoxy) is 1. The van der Waals surface area contributed by atoms with Gasteiger partial charge in [0.25, 0.3) is 0 Å². The van der Waals surface area contributed by atoms with E-state index in [1.54, 1.807) is 13.0 Å². The zero-order valence-electron chi connectivity index (χ0n) is 18.8. The topological polar surface area (TPSA) is 87.1 Å². The number of carboxylic acid groups (broad SMARTS) is 1. The van der Waals surface area contributed by atoms with Crippen molar-refractivity contribution in [3.05, 3.63) is 47.1 Å². The summed E-state index contributed by atoms with van der Waals surface area (Å²) in [6.07, 6.45) is 9.17. The third-order valence-corrected chi connectivity index (χ3v) is 6.99. The largest absolute Gasteiger partial charge is 0.478 e. The van der Waals surface area contributed by atoms with Crippen LogP contribution >= 0.6 is 0 Å². The first-order chi connectivity index (χ1) is 13.9. The molecule has 1 heterocycles. The second-order valence-corrected chi connectivity index (χ2v) is 9.57. The number of rotatable bonds is 5. The maximum atomic E-state index is 12.8. The molecule has 30 heavy (non-hydrogen) atoms. The van der Waals surface area contributed by atoms with Gasteiger partial charge in [-0.15, -0.1) is 0 Å². The van der Waals surface area contributed by atoms with Gasteiger partial charge in [0.1, 0.15) is 17.5 Å². The van der Waals surface area contributed by atoms with Crippen LogP contribution < -0.4 is 0 Å². The summed E-state index contributed by atoms with van der Waals surface area (Å²) in [4.78, 5) is 23.7. The molecule has 0 aromatic heterocycles. The van der Waals surface area contributed by atoms with Crippen molar-refractivity contribution < 1.29 is 24.5 Å². The van der Waals surface area contributed by atoms with E-state index in [1.165, 1.54) is 0 Å². The Hall–Kier alpha value is -1.98. The Balaban J connectivity index is 1.98. The number of carbonyl (C=O) groups excluding carboxylic acids is 1. The van der Waals surface area contributed by atoms with Gasteiger partial charge in [-0.3, -0.25) is 4.79 Å². The molecule has 0 bridgehead atoms. The number of Topliss-reactive ketones (excluding diaryl/α,β-unsaturated/α-hetero) is 1. The zero-order chi connectivity index (χ0) is 22.4. The van der Waals surface area contributed by atoms with Crippen LogP contribution in [-0.2, 0) is 14.3 Å². The maximum Gasteiger partial charge on any atom is 0.328 e. The molecule has 2 N–H and O–H groups in total. The number of allylic oxidation sites excluding steroid dienone is 4. The van der Waals surface area contributed by atoms with Crippen LogP contribution in [0.5, 0.6) is 0 Å². The van der Waals surface area contributed by atoms with Gasteiger partial charge in [-0.2, -0.15) is 0 Å². The Kier molecular flexibility index (Phi) is 6.26. The lowest BCUT2D eigenvalue weighted by molar-refractivity contribution is -0.132. The number of fused-ring (bicyclic) bond motifs is 1. The van der Waals surface area contributed by atoms with Crippen LogP contribution in [0.25, 0.3) is 0 Å². The highest BCUT2D eigenvalue weighted by Gasteiger charge is 2.52. The Morgan fingerprint density at radius 1 is 1.37 bits per heavy atom. The van der Waals surface area contributed by atoms with Crippen molar-refractivity contribution in [2.45, 2.75) is 65.8 Å². The number of carboxylic acids is 1. The summed E-state index contributed by atoms with van der Waals surface area (Å²) in [5, 5.41) is 19.0. The summed E-state index contributed by atoms with van der Waals surface area (Å²) in [5.41, 5.74) is 2.64. The van der Waals surface area contributed by atoms with Gasteiger partial charge in [-0.05, 0) is 63.2 Å². The van der Waals surface area contributed by atoms with Crippen molar-refractivity contribution in [1.82, 2.24) is 0 Å². The van der Waals surface area contributed by atoms with Crippen molar-refractivity contribution in [2.24, 2.45) is 29.6 Å². The van der Waals surface area contributed by atoms with Gasteiger partial charge in [0.15, 0.2) is 0 Å². The van der Waals surface area contributed by atoms with E-state index in [0.29, 0.717) is 11.7 Å². The molecular formula is C25H34O5. The monoisotopic (exact) mass is 414 g/mol. The normalized spacial score (nSPS) is 41.6. The van der Waals surface area contributed by atoms with Crippen molar-refractivity contribution in [3.63, 3.8) is 0 Å². The summed E-state index contributed by atoms with van der Waals surface area (Å²) in [6, 6.07) is 0. The molecule has 0 amide bonds. The van der Waals surface area contributed by atoms with E-state index in [0.717, 1.165) is 29.2 Å². The summed E-state index contributed by atoms with van der Waals surface area (Å²) in [5.74, 6) is -0.189. The molecule has 8 unspecified atom stereocenters. The van der Waals surface area contributed by atoms with E-state index in [1.807, 2.05) is 33.8 Å². The van der Waals surface area contributed by atoms with Crippen LogP contribution in [0, 0.1) is 29.6 Å². The van der Waals surface area contributed by atoms with E-state index in [9.17, 15) is 14.7 Å². The second-order valence-electron chi connectivity index (χ2n) is 9.57. The lowest BCUT2D eigenvalue weighted by atomic mass is 9.58. The molecule has 0 aromatic carbocycles. The maximum absolute atomic E-state index is 12.8. The van der Waals surface area contributed by atoms with Crippen molar-refractivity contribution >= 4 is 11.8 Å². The number of carbonyl (C=O) groups is 2. The first-order valence-electron chi connectivity index (χ1n) is 10.8. The van der Waals surface area contributed by atoms with E-state index in [2.05, 4.69) is 19.1 Å². The quantitative estimate of drug-likeness (QED) is 0.402. The summed E-state index contributed by atoms with van der Waals surface area (Å²) in [6.45, 7) is 11.8. The van der Waals surface area contributed by atoms with Gasteiger partial charge >= 0.3 is 5.97 Å². The van der Waals surface area contributed by atoms with Crippen LogP contribution in [0.1, 0.15) is 48.0 Å². The van der Waals surface area contributed by atoms with Crippen molar-refractivity contribution in [2.75, 3.05) is 0 Å². The fourth-order valence-corrected chi connectivity index (χ4v) is 5.54. The number of epoxide rings is 1. The highest BCUT2D eigenvalue weighted by atomic mass is 16.6. The average Bonchev–Trinajstić information content (AvgIpc) is 3.33. The van der Waals surface area contributed by atoms with E-state index in [4.69, 9.17) is 9.84 Å². The standard InChI is InChI=1S/C25H34O5/c1-13-9-18-10-14(2)23(29)17(5)22(18)20(19(13)12-16(4)26)11-15(3)24-25(6,30-24)8-7-21(27)28/h7-9,11-12,14,16-18,20,22,24,26H,10H2,1-6H3,(H,27,28). The molecule has 164 valence electrons. The molecule has 5 heteroatoms. The molecule has 0 aromatic rings. The van der Waals surface area contributed by atoms with Crippen LogP contribution in [0.4, 0.5) is 0 Å². The molecule has 3 aliphatic rings. The van der Waals surface area contributed by atoms with E-state index < -0.39 is 17.7 Å². The van der Waals surface area contributed by atoms with Gasteiger partial charge in [-0.25, -0.2) is 4.79 Å². The molecule has 1 saturated carbocycles. The fourth-order valence-electron chi connectivity index (χ4n) is 5.54. The molecule has 0 spiro atoms. The number of aliphatic carboxylic acids is 1. The van der Waals surface area contributed by atoms with Crippen LogP contribution in [0.3, 0.4) is 0 Å². The average molecular weight is 415 g/mol. The summed E-state index contributed by atoms with van der Waals surface area (Å²) >= 11 is 0.